The van der Waals surface area contributed by atoms with Crippen LogP contribution in [-0.4, -0.2) is 8.07 Å². The first kappa shape index (κ1) is 20.6. The van der Waals surface area contributed by atoms with E-state index in [9.17, 15) is 0 Å². The molecular formula is C28H32NSi+. The third kappa shape index (κ3) is 3.50. The van der Waals surface area contributed by atoms with Gasteiger partial charge in [-0.1, -0.05) is 78.9 Å². The number of aryl methyl sites for hydroxylation is 3. The van der Waals surface area contributed by atoms with Gasteiger partial charge in [-0.25, -0.2) is 4.57 Å². The molecule has 4 aromatic rings. The van der Waals surface area contributed by atoms with Crippen molar-refractivity contribution in [3.05, 3.63) is 89.6 Å². The molecule has 0 aliphatic carbocycles. The molecule has 0 aliphatic heterocycles. The fourth-order valence-corrected chi connectivity index (χ4v) is 6.88. The highest BCUT2D eigenvalue weighted by atomic mass is 28.3. The van der Waals surface area contributed by atoms with Crippen molar-refractivity contribution in [3.63, 3.8) is 0 Å². The number of rotatable bonds is 4. The highest BCUT2D eigenvalue weighted by molar-refractivity contribution is 7.00. The van der Waals surface area contributed by atoms with Crippen molar-refractivity contribution in [2.24, 2.45) is 7.05 Å². The second kappa shape index (κ2) is 7.85. The molecule has 0 saturated heterocycles. The minimum atomic E-state index is -1.72. The summed E-state index contributed by atoms with van der Waals surface area (Å²) >= 11 is 0. The second-order valence-electron chi connectivity index (χ2n) is 9.01. The van der Waals surface area contributed by atoms with Crippen LogP contribution >= 0.6 is 0 Å². The van der Waals surface area contributed by atoms with E-state index in [0.717, 1.165) is 6.42 Å². The number of hydrogen-bond acceptors (Lipinski definition) is 0. The van der Waals surface area contributed by atoms with Crippen LogP contribution in [-0.2, 0) is 13.5 Å². The number of nitrogens with zero attached hydrogens (tertiary/aromatic N) is 1. The topological polar surface area (TPSA) is 3.88 Å². The van der Waals surface area contributed by atoms with Crippen LogP contribution in [0.3, 0.4) is 0 Å². The maximum Gasteiger partial charge on any atom is 0.220 e. The predicted octanol–water partition coefficient (Wildman–Crippen LogP) is 5.33. The van der Waals surface area contributed by atoms with E-state index in [2.05, 4.69) is 118 Å². The molecular weight excluding hydrogens is 378 g/mol. The minimum absolute atomic E-state index is 1.06. The van der Waals surface area contributed by atoms with Crippen molar-refractivity contribution in [1.82, 2.24) is 0 Å². The van der Waals surface area contributed by atoms with Gasteiger partial charge in [0.25, 0.3) is 0 Å². The monoisotopic (exact) mass is 410 g/mol. The Morgan fingerprint density at radius 3 is 2.27 bits per heavy atom. The Morgan fingerprint density at radius 1 is 0.833 bits per heavy atom. The molecule has 1 heterocycles. The summed E-state index contributed by atoms with van der Waals surface area (Å²) in [5.41, 5.74) is 6.81. The number of hydrogen-bond donors (Lipinski definition) is 0. The van der Waals surface area contributed by atoms with E-state index in [0.29, 0.717) is 0 Å². The highest BCUT2D eigenvalue weighted by Crippen LogP contribution is 2.30. The first-order chi connectivity index (χ1) is 14.3. The fourth-order valence-electron chi connectivity index (χ4n) is 4.50. The molecule has 0 atom stereocenters. The Kier molecular flexibility index (Phi) is 5.38. The molecule has 152 valence electrons. The van der Waals surface area contributed by atoms with E-state index >= 15 is 0 Å². The Balaban J connectivity index is 1.93. The lowest BCUT2D eigenvalue weighted by atomic mass is 9.93. The van der Waals surface area contributed by atoms with Gasteiger partial charge in [-0.3, -0.25) is 0 Å². The molecule has 2 heteroatoms. The van der Waals surface area contributed by atoms with Gasteiger partial charge in [0, 0.05) is 6.07 Å². The van der Waals surface area contributed by atoms with Crippen molar-refractivity contribution in [3.8, 4) is 11.3 Å². The van der Waals surface area contributed by atoms with Crippen molar-refractivity contribution in [2.45, 2.75) is 40.3 Å². The van der Waals surface area contributed by atoms with Crippen LogP contribution in [0.2, 0.25) is 13.1 Å². The van der Waals surface area contributed by atoms with Gasteiger partial charge in [-0.15, -0.1) is 0 Å². The Bertz CT molecular complexity index is 1220. The Labute approximate surface area is 182 Å². The summed E-state index contributed by atoms with van der Waals surface area (Å²) in [6.45, 7) is 11.6. The summed E-state index contributed by atoms with van der Waals surface area (Å²) in [4.78, 5) is 0. The number of benzene rings is 3. The molecule has 1 aromatic heterocycles. The molecule has 4 rings (SSSR count). The molecule has 0 spiro atoms. The maximum absolute atomic E-state index is 2.45. The number of fused-ring (bicyclic) bond motifs is 1. The number of aromatic nitrogens is 1. The average molecular weight is 411 g/mol. The van der Waals surface area contributed by atoms with E-state index in [1.54, 1.807) is 0 Å². The van der Waals surface area contributed by atoms with Gasteiger partial charge in [0.1, 0.15) is 15.1 Å². The third-order valence-electron chi connectivity index (χ3n) is 6.74. The van der Waals surface area contributed by atoms with Crippen LogP contribution in [0.5, 0.6) is 0 Å². The van der Waals surface area contributed by atoms with Gasteiger partial charge in [0.15, 0.2) is 6.20 Å². The smallest absolute Gasteiger partial charge is 0.200 e. The lowest BCUT2D eigenvalue weighted by molar-refractivity contribution is -0.659. The lowest BCUT2D eigenvalue weighted by Gasteiger charge is -2.24. The van der Waals surface area contributed by atoms with Gasteiger partial charge in [-0.2, -0.15) is 0 Å². The van der Waals surface area contributed by atoms with E-state index in [-0.39, 0.29) is 0 Å². The van der Waals surface area contributed by atoms with Crippen LogP contribution in [0.1, 0.15) is 23.6 Å². The molecule has 3 aromatic carbocycles. The first-order valence-electron chi connectivity index (χ1n) is 10.9. The van der Waals surface area contributed by atoms with Gasteiger partial charge in [-0.05, 0) is 54.5 Å². The Hall–Kier alpha value is -2.71. The van der Waals surface area contributed by atoms with E-state index < -0.39 is 8.07 Å². The van der Waals surface area contributed by atoms with Crippen LogP contribution in [0.25, 0.3) is 22.0 Å². The normalized spacial score (nSPS) is 11.8. The van der Waals surface area contributed by atoms with Crippen molar-refractivity contribution in [2.75, 3.05) is 0 Å². The van der Waals surface area contributed by atoms with Gasteiger partial charge < -0.3 is 0 Å². The largest absolute Gasteiger partial charge is 0.220 e. The maximum atomic E-state index is 2.45. The van der Waals surface area contributed by atoms with Gasteiger partial charge >= 0.3 is 0 Å². The van der Waals surface area contributed by atoms with Gasteiger partial charge in [0.2, 0.25) is 5.69 Å². The van der Waals surface area contributed by atoms with Crippen LogP contribution in [0.4, 0.5) is 0 Å². The molecule has 0 fully saturated rings. The molecule has 0 unspecified atom stereocenters. The van der Waals surface area contributed by atoms with E-state index in [1.807, 2.05) is 0 Å². The standard InChI is InChI=1S/C28H32NSi/c1-7-22-17-20(2)21(3)27(18-22)28-26-14-13-25(19-23(26)15-16-29(28)4)30(5,6)24-11-9-8-10-12-24/h8-19H,7H2,1-6H3/q+1. The van der Waals surface area contributed by atoms with E-state index in [4.69, 9.17) is 0 Å². The molecule has 0 amide bonds. The first-order valence-corrected chi connectivity index (χ1v) is 13.9. The van der Waals surface area contributed by atoms with Crippen LogP contribution in [0.15, 0.2) is 72.9 Å². The molecule has 30 heavy (non-hydrogen) atoms. The van der Waals surface area contributed by atoms with Crippen LogP contribution in [0, 0.1) is 13.8 Å². The van der Waals surface area contributed by atoms with Crippen molar-refractivity contribution < 1.29 is 4.57 Å². The molecule has 0 saturated carbocycles. The lowest BCUT2D eigenvalue weighted by Crippen LogP contribution is -2.52. The predicted molar refractivity (Wildman–Crippen MR) is 133 cm³/mol. The molecule has 0 radical (unpaired) electrons. The summed E-state index contributed by atoms with van der Waals surface area (Å²) in [5.74, 6) is 0. The zero-order valence-electron chi connectivity index (χ0n) is 19.1. The number of pyridine rings is 1. The molecule has 0 bridgehead atoms. The zero-order valence-corrected chi connectivity index (χ0v) is 20.1. The summed E-state index contributed by atoms with van der Waals surface area (Å²) in [6.07, 6.45) is 3.27. The molecule has 0 aliphatic rings. The summed E-state index contributed by atoms with van der Waals surface area (Å²) in [5, 5.41) is 5.62. The average Bonchev–Trinajstić information content (AvgIpc) is 2.76. The summed E-state index contributed by atoms with van der Waals surface area (Å²) < 4.78 is 2.28. The molecule has 1 nitrogen and oxygen atoms in total. The Morgan fingerprint density at radius 2 is 1.57 bits per heavy atom. The summed E-state index contributed by atoms with van der Waals surface area (Å²) in [6, 6.07) is 25.1. The van der Waals surface area contributed by atoms with Gasteiger partial charge in [0.05, 0.1) is 10.9 Å². The second-order valence-corrected chi connectivity index (χ2v) is 13.4. The third-order valence-corrected chi connectivity index (χ3v) is 10.3. The van der Waals surface area contributed by atoms with Crippen molar-refractivity contribution in [1.29, 1.82) is 0 Å². The SMILES string of the molecule is CCc1cc(C)c(C)c(-c2c3ccc([Si](C)(C)c4ccccc4)cc3cc[n+]2C)c1. The summed E-state index contributed by atoms with van der Waals surface area (Å²) in [7, 11) is 0.441. The fraction of sp³-hybridized carbons (Fsp3) is 0.250. The quantitative estimate of drug-likeness (QED) is 0.316. The molecule has 0 N–H and O–H groups in total. The van der Waals surface area contributed by atoms with E-state index in [1.165, 1.54) is 49.1 Å². The van der Waals surface area contributed by atoms with Crippen LogP contribution < -0.4 is 14.9 Å². The zero-order chi connectivity index (χ0) is 21.5. The van der Waals surface area contributed by atoms with Crippen molar-refractivity contribution >= 4 is 29.2 Å². The minimum Gasteiger partial charge on any atom is -0.200 e. The highest BCUT2D eigenvalue weighted by Gasteiger charge is 2.27.